The molecule has 6 heteroatoms. The molecule has 0 spiro atoms. The molecule has 0 aliphatic rings. The Bertz CT molecular complexity index is 1120. The van der Waals surface area contributed by atoms with Crippen LogP contribution in [0.3, 0.4) is 0 Å². The fraction of sp³-hybridized carbons (Fsp3) is 0.240. The Hall–Kier alpha value is -2.96. The molecule has 162 valence electrons. The minimum atomic E-state index is -3.64. The largest absolute Gasteiger partial charge is 0.326 e. The summed E-state index contributed by atoms with van der Waals surface area (Å²) in [6, 6.07) is 21.7. The van der Waals surface area contributed by atoms with E-state index in [1.165, 1.54) is 0 Å². The van der Waals surface area contributed by atoms with E-state index < -0.39 is 10.0 Å². The molecule has 5 nitrogen and oxygen atoms in total. The number of hydrogen-bond acceptors (Lipinski definition) is 3. The SMILES string of the molecule is Cc1cccc(C)c1NC(=O)CCc1ccc(S(=O)(=O)N[C@H](C)c2ccccc2)cc1. The summed E-state index contributed by atoms with van der Waals surface area (Å²) in [6.07, 6.45) is 0.855. The van der Waals surface area contributed by atoms with Gasteiger partial charge in [0, 0.05) is 18.2 Å². The number of aryl methyl sites for hydroxylation is 3. The second kappa shape index (κ2) is 9.90. The molecule has 0 aromatic heterocycles. The minimum Gasteiger partial charge on any atom is -0.326 e. The first-order valence-corrected chi connectivity index (χ1v) is 11.8. The quantitative estimate of drug-likeness (QED) is 0.527. The lowest BCUT2D eigenvalue weighted by atomic mass is 10.1. The summed E-state index contributed by atoms with van der Waals surface area (Å²) in [5.74, 6) is -0.0625. The van der Waals surface area contributed by atoms with Gasteiger partial charge >= 0.3 is 0 Å². The number of sulfonamides is 1. The first-order chi connectivity index (χ1) is 14.8. The van der Waals surface area contributed by atoms with Crippen molar-refractivity contribution in [3.05, 3.63) is 95.1 Å². The molecule has 31 heavy (non-hydrogen) atoms. The normalized spacial score (nSPS) is 12.4. The number of amides is 1. The molecule has 1 atom stereocenters. The van der Waals surface area contributed by atoms with Gasteiger partial charge in [0.25, 0.3) is 0 Å². The highest BCUT2D eigenvalue weighted by molar-refractivity contribution is 7.89. The molecule has 0 aliphatic carbocycles. The van der Waals surface area contributed by atoms with Gasteiger partial charge in [-0.1, -0.05) is 60.7 Å². The minimum absolute atomic E-state index is 0.0625. The van der Waals surface area contributed by atoms with Crippen LogP contribution in [0.15, 0.2) is 77.7 Å². The van der Waals surface area contributed by atoms with E-state index in [-0.39, 0.29) is 16.8 Å². The third kappa shape index (κ3) is 6.03. The highest BCUT2D eigenvalue weighted by Crippen LogP contribution is 2.20. The summed E-state index contributed by atoms with van der Waals surface area (Å²) < 4.78 is 28.1. The molecule has 0 fully saturated rings. The van der Waals surface area contributed by atoms with Crippen LogP contribution in [0.4, 0.5) is 5.69 Å². The van der Waals surface area contributed by atoms with Gasteiger partial charge in [0.15, 0.2) is 0 Å². The third-order valence-corrected chi connectivity index (χ3v) is 6.81. The number of rotatable bonds is 8. The number of para-hydroxylation sites is 1. The summed E-state index contributed by atoms with van der Waals surface area (Å²) in [5, 5.41) is 2.98. The molecular weight excluding hydrogens is 408 g/mol. The van der Waals surface area contributed by atoms with Gasteiger partial charge < -0.3 is 5.32 Å². The lowest BCUT2D eigenvalue weighted by molar-refractivity contribution is -0.116. The van der Waals surface area contributed by atoms with E-state index in [1.807, 2.05) is 69.3 Å². The van der Waals surface area contributed by atoms with Gasteiger partial charge in [0.05, 0.1) is 4.90 Å². The second-order valence-corrected chi connectivity index (χ2v) is 9.43. The van der Waals surface area contributed by atoms with E-state index in [1.54, 1.807) is 24.3 Å². The smallest absolute Gasteiger partial charge is 0.241 e. The van der Waals surface area contributed by atoms with Crippen LogP contribution in [0.5, 0.6) is 0 Å². The Morgan fingerprint density at radius 2 is 1.48 bits per heavy atom. The third-order valence-electron chi connectivity index (χ3n) is 5.25. The van der Waals surface area contributed by atoms with Gasteiger partial charge in [0.1, 0.15) is 0 Å². The molecule has 2 N–H and O–H groups in total. The van der Waals surface area contributed by atoms with Crippen molar-refractivity contribution in [3.8, 4) is 0 Å². The van der Waals surface area contributed by atoms with Crippen molar-refractivity contribution in [2.45, 2.75) is 44.6 Å². The van der Waals surface area contributed by atoms with E-state index >= 15 is 0 Å². The fourth-order valence-corrected chi connectivity index (χ4v) is 4.65. The Kier molecular flexibility index (Phi) is 7.25. The number of hydrogen-bond donors (Lipinski definition) is 2. The Balaban J connectivity index is 1.59. The van der Waals surface area contributed by atoms with Crippen molar-refractivity contribution in [1.29, 1.82) is 0 Å². The molecule has 3 aromatic carbocycles. The van der Waals surface area contributed by atoms with Gasteiger partial charge in [-0.3, -0.25) is 4.79 Å². The Morgan fingerprint density at radius 1 is 0.871 bits per heavy atom. The van der Waals surface area contributed by atoms with E-state index in [2.05, 4.69) is 10.0 Å². The summed E-state index contributed by atoms with van der Waals surface area (Å²) in [7, 11) is -3.64. The van der Waals surface area contributed by atoms with Crippen LogP contribution in [0, 0.1) is 13.8 Å². The van der Waals surface area contributed by atoms with Crippen molar-refractivity contribution in [2.24, 2.45) is 0 Å². The maximum absolute atomic E-state index is 12.7. The molecule has 0 bridgehead atoms. The molecule has 1 amide bonds. The zero-order valence-corrected chi connectivity index (χ0v) is 18.9. The van der Waals surface area contributed by atoms with Crippen LogP contribution in [0.2, 0.25) is 0 Å². The van der Waals surface area contributed by atoms with Crippen LogP contribution >= 0.6 is 0 Å². The van der Waals surface area contributed by atoms with Crippen LogP contribution in [-0.4, -0.2) is 14.3 Å². The van der Waals surface area contributed by atoms with Gasteiger partial charge in [-0.15, -0.1) is 0 Å². The first-order valence-electron chi connectivity index (χ1n) is 10.3. The number of benzene rings is 3. The maximum Gasteiger partial charge on any atom is 0.241 e. The molecule has 0 unspecified atom stereocenters. The molecule has 0 aliphatic heterocycles. The zero-order valence-electron chi connectivity index (χ0n) is 18.1. The molecular formula is C25H28N2O3S. The topological polar surface area (TPSA) is 75.3 Å². The summed E-state index contributed by atoms with van der Waals surface area (Å²) >= 11 is 0. The van der Waals surface area contributed by atoms with Crippen molar-refractivity contribution in [2.75, 3.05) is 5.32 Å². The van der Waals surface area contributed by atoms with E-state index in [4.69, 9.17) is 0 Å². The first kappa shape index (κ1) is 22.7. The Labute approximate surface area is 184 Å². The lowest BCUT2D eigenvalue weighted by Gasteiger charge is -2.15. The van der Waals surface area contributed by atoms with Crippen LogP contribution < -0.4 is 10.0 Å². The predicted molar refractivity (Wildman–Crippen MR) is 124 cm³/mol. The number of anilines is 1. The average Bonchev–Trinajstić information content (AvgIpc) is 2.75. The number of nitrogens with one attached hydrogen (secondary N) is 2. The number of carbonyl (C=O) groups excluding carboxylic acids is 1. The monoisotopic (exact) mass is 436 g/mol. The highest BCUT2D eigenvalue weighted by atomic mass is 32.2. The fourth-order valence-electron chi connectivity index (χ4n) is 3.42. The maximum atomic E-state index is 12.7. The van der Waals surface area contributed by atoms with Gasteiger partial charge in [-0.05, 0) is 61.6 Å². The molecule has 3 aromatic rings. The Morgan fingerprint density at radius 3 is 2.10 bits per heavy atom. The number of carbonyl (C=O) groups is 1. The molecule has 0 saturated carbocycles. The summed E-state index contributed by atoms with van der Waals surface area (Å²) in [5.41, 5.74) is 4.72. The molecule has 3 rings (SSSR count). The molecule has 0 saturated heterocycles. The van der Waals surface area contributed by atoms with Crippen LogP contribution in [0.1, 0.15) is 41.6 Å². The van der Waals surface area contributed by atoms with Gasteiger partial charge in [-0.25, -0.2) is 13.1 Å². The van der Waals surface area contributed by atoms with E-state index in [0.717, 1.165) is 27.9 Å². The highest BCUT2D eigenvalue weighted by Gasteiger charge is 2.18. The van der Waals surface area contributed by atoms with Crippen molar-refractivity contribution in [1.82, 2.24) is 4.72 Å². The second-order valence-electron chi connectivity index (χ2n) is 7.71. The summed E-state index contributed by atoms with van der Waals surface area (Å²) in [6.45, 7) is 5.75. The lowest BCUT2D eigenvalue weighted by Crippen LogP contribution is -2.26. The zero-order chi connectivity index (χ0) is 22.4. The average molecular weight is 437 g/mol. The van der Waals surface area contributed by atoms with Crippen molar-refractivity contribution >= 4 is 21.6 Å². The molecule has 0 heterocycles. The van der Waals surface area contributed by atoms with Crippen LogP contribution in [-0.2, 0) is 21.2 Å². The van der Waals surface area contributed by atoms with E-state index in [0.29, 0.717) is 12.8 Å². The van der Waals surface area contributed by atoms with Crippen LogP contribution in [0.25, 0.3) is 0 Å². The van der Waals surface area contributed by atoms with E-state index in [9.17, 15) is 13.2 Å². The van der Waals surface area contributed by atoms with Crippen molar-refractivity contribution in [3.63, 3.8) is 0 Å². The van der Waals surface area contributed by atoms with Gasteiger partial charge in [0.2, 0.25) is 15.9 Å². The van der Waals surface area contributed by atoms with Crippen molar-refractivity contribution < 1.29 is 13.2 Å². The standard InChI is InChI=1S/C25H28N2O3S/c1-18-8-7-9-19(2)25(18)26-24(28)17-14-21-12-15-23(16-13-21)31(29,30)27-20(3)22-10-5-4-6-11-22/h4-13,15-16,20,27H,14,17H2,1-3H3,(H,26,28)/t20-/m1/s1. The van der Waals surface area contributed by atoms with Gasteiger partial charge in [-0.2, -0.15) is 0 Å². The molecule has 0 radical (unpaired) electrons. The summed E-state index contributed by atoms with van der Waals surface area (Å²) in [4.78, 5) is 12.6. The predicted octanol–water partition coefficient (Wildman–Crippen LogP) is 4.91.